The van der Waals surface area contributed by atoms with Crippen LogP contribution >= 0.6 is 0 Å². The van der Waals surface area contributed by atoms with Crippen LogP contribution in [0.25, 0.3) is 0 Å². The monoisotopic (exact) mass is 222 g/mol. The van der Waals surface area contributed by atoms with Crippen molar-refractivity contribution in [1.82, 2.24) is 0 Å². The molecule has 2 aliphatic carbocycles. The SMILES string of the molecule is CC(C)(C)CCC1CCC2CCCCC2C1. The van der Waals surface area contributed by atoms with Crippen molar-refractivity contribution in [2.45, 2.75) is 78.6 Å². The minimum Gasteiger partial charge on any atom is -0.0602 e. The molecule has 0 aliphatic heterocycles. The van der Waals surface area contributed by atoms with E-state index in [0.717, 1.165) is 17.8 Å². The van der Waals surface area contributed by atoms with E-state index in [9.17, 15) is 0 Å². The molecule has 0 heteroatoms. The molecule has 0 spiro atoms. The zero-order valence-electron chi connectivity index (χ0n) is 11.6. The van der Waals surface area contributed by atoms with Crippen LogP contribution in [0, 0.1) is 23.2 Å². The van der Waals surface area contributed by atoms with Crippen molar-refractivity contribution in [2.75, 3.05) is 0 Å². The normalized spacial score (nSPS) is 35.8. The van der Waals surface area contributed by atoms with Crippen LogP contribution in [-0.2, 0) is 0 Å². The van der Waals surface area contributed by atoms with Gasteiger partial charge in [0.15, 0.2) is 0 Å². The van der Waals surface area contributed by atoms with Crippen LogP contribution in [0.3, 0.4) is 0 Å². The first kappa shape index (κ1) is 12.5. The van der Waals surface area contributed by atoms with Gasteiger partial charge in [-0.1, -0.05) is 52.9 Å². The molecule has 16 heavy (non-hydrogen) atoms. The molecule has 0 aromatic rings. The van der Waals surface area contributed by atoms with Gasteiger partial charge in [0.2, 0.25) is 0 Å². The summed E-state index contributed by atoms with van der Waals surface area (Å²) in [5, 5.41) is 0. The van der Waals surface area contributed by atoms with Crippen molar-refractivity contribution in [3.63, 3.8) is 0 Å². The number of hydrogen-bond acceptors (Lipinski definition) is 0. The second-order valence-electron chi connectivity index (χ2n) is 7.58. The molecule has 2 aliphatic rings. The van der Waals surface area contributed by atoms with E-state index in [1.807, 2.05) is 0 Å². The summed E-state index contributed by atoms with van der Waals surface area (Å²) in [6.07, 6.45) is 13.7. The van der Waals surface area contributed by atoms with E-state index >= 15 is 0 Å². The highest BCUT2D eigenvalue weighted by Crippen LogP contribution is 2.44. The van der Waals surface area contributed by atoms with E-state index in [1.54, 1.807) is 25.7 Å². The molecule has 2 saturated carbocycles. The summed E-state index contributed by atoms with van der Waals surface area (Å²) in [4.78, 5) is 0. The van der Waals surface area contributed by atoms with Gasteiger partial charge in [0, 0.05) is 0 Å². The number of rotatable bonds is 2. The first-order valence-electron chi connectivity index (χ1n) is 7.54. The predicted octanol–water partition coefficient (Wildman–Crippen LogP) is 5.42. The number of hydrogen-bond donors (Lipinski definition) is 0. The largest absolute Gasteiger partial charge is 0.0602 e. The molecule has 3 unspecified atom stereocenters. The van der Waals surface area contributed by atoms with E-state index in [2.05, 4.69) is 20.8 Å². The average molecular weight is 222 g/mol. The lowest BCUT2D eigenvalue weighted by Crippen LogP contribution is -2.28. The van der Waals surface area contributed by atoms with Crippen molar-refractivity contribution < 1.29 is 0 Å². The highest BCUT2D eigenvalue weighted by molar-refractivity contribution is 4.83. The van der Waals surface area contributed by atoms with Gasteiger partial charge in [-0.25, -0.2) is 0 Å². The Bertz CT molecular complexity index is 211. The number of fused-ring (bicyclic) bond motifs is 1. The molecule has 2 fully saturated rings. The molecule has 0 aromatic heterocycles. The zero-order valence-corrected chi connectivity index (χ0v) is 11.6. The van der Waals surface area contributed by atoms with Crippen LogP contribution in [0.4, 0.5) is 0 Å². The Balaban J connectivity index is 1.77. The van der Waals surface area contributed by atoms with Crippen molar-refractivity contribution in [2.24, 2.45) is 23.2 Å². The van der Waals surface area contributed by atoms with Crippen molar-refractivity contribution in [3.05, 3.63) is 0 Å². The Hall–Kier alpha value is 0. The highest BCUT2D eigenvalue weighted by atomic mass is 14.4. The maximum absolute atomic E-state index is 2.39. The van der Waals surface area contributed by atoms with Gasteiger partial charge in [-0.3, -0.25) is 0 Å². The van der Waals surface area contributed by atoms with Gasteiger partial charge in [-0.05, 0) is 48.9 Å². The molecular formula is C16H30. The molecule has 0 radical (unpaired) electrons. The smallest absolute Gasteiger partial charge is 0.0383 e. The fraction of sp³-hybridized carbons (Fsp3) is 1.00. The highest BCUT2D eigenvalue weighted by Gasteiger charge is 2.32. The van der Waals surface area contributed by atoms with Gasteiger partial charge >= 0.3 is 0 Å². The second kappa shape index (κ2) is 5.10. The standard InChI is InChI=1S/C16H30/c1-16(2,3)11-10-13-8-9-14-6-4-5-7-15(14)12-13/h13-15H,4-12H2,1-3H3. The topological polar surface area (TPSA) is 0 Å². The third-order valence-corrected chi connectivity index (χ3v) is 4.95. The Morgan fingerprint density at radius 3 is 2.25 bits per heavy atom. The fourth-order valence-corrected chi connectivity index (χ4v) is 3.87. The molecule has 0 nitrogen and oxygen atoms in total. The van der Waals surface area contributed by atoms with Crippen molar-refractivity contribution in [3.8, 4) is 0 Å². The lowest BCUT2D eigenvalue weighted by atomic mass is 9.66. The Labute approximate surface area is 102 Å². The van der Waals surface area contributed by atoms with Gasteiger partial charge < -0.3 is 0 Å². The Kier molecular flexibility index (Phi) is 3.97. The molecule has 3 atom stereocenters. The summed E-state index contributed by atoms with van der Waals surface area (Å²) in [5.74, 6) is 3.31. The molecule has 0 N–H and O–H groups in total. The minimum absolute atomic E-state index is 0.545. The lowest BCUT2D eigenvalue weighted by Gasteiger charge is -2.40. The van der Waals surface area contributed by atoms with Gasteiger partial charge in [0.1, 0.15) is 0 Å². The quantitative estimate of drug-likeness (QED) is 0.585. The molecule has 0 aromatic carbocycles. The maximum Gasteiger partial charge on any atom is -0.0383 e. The molecule has 0 bridgehead atoms. The van der Waals surface area contributed by atoms with E-state index in [0.29, 0.717) is 5.41 Å². The van der Waals surface area contributed by atoms with Crippen molar-refractivity contribution >= 4 is 0 Å². The van der Waals surface area contributed by atoms with E-state index < -0.39 is 0 Å². The molecule has 94 valence electrons. The molecule has 0 saturated heterocycles. The summed E-state index contributed by atoms with van der Waals surface area (Å²) in [6, 6.07) is 0. The van der Waals surface area contributed by atoms with Crippen LogP contribution in [-0.4, -0.2) is 0 Å². The summed E-state index contributed by atoms with van der Waals surface area (Å²) in [7, 11) is 0. The maximum atomic E-state index is 2.39. The zero-order chi connectivity index (χ0) is 11.6. The molecule has 0 heterocycles. The molecule has 2 rings (SSSR count). The summed E-state index contributed by atoms with van der Waals surface area (Å²) in [6.45, 7) is 7.16. The van der Waals surface area contributed by atoms with E-state index in [-0.39, 0.29) is 0 Å². The van der Waals surface area contributed by atoms with Gasteiger partial charge in [0.25, 0.3) is 0 Å². The van der Waals surface area contributed by atoms with Crippen LogP contribution in [0.1, 0.15) is 78.6 Å². The van der Waals surface area contributed by atoms with E-state index in [4.69, 9.17) is 0 Å². The third-order valence-electron chi connectivity index (χ3n) is 4.95. The van der Waals surface area contributed by atoms with Crippen LogP contribution < -0.4 is 0 Å². The second-order valence-corrected chi connectivity index (χ2v) is 7.58. The fourth-order valence-electron chi connectivity index (χ4n) is 3.87. The van der Waals surface area contributed by atoms with Crippen LogP contribution in [0.15, 0.2) is 0 Å². The first-order chi connectivity index (χ1) is 7.54. The first-order valence-corrected chi connectivity index (χ1v) is 7.54. The molecule has 0 amide bonds. The third kappa shape index (κ3) is 3.50. The Morgan fingerprint density at radius 1 is 0.875 bits per heavy atom. The van der Waals surface area contributed by atoms with E-state index in [1.165, 1.54) is 32.1 Å². The van der Waals surface area contributed by atoms with Crippen LogP contribution in [0.5, 0.6) is 0 Å². The van der Waals surface area contributed by atoms with Gasteiger partial charge in [-0.15, -0.1) is 0 Å². The van der Waals surface area contributed by atoms with Gasteiger partial charge in [0.05, 0.1) is 0 Å². The average Bonchev–Trinajstić information content (AvgIpc) is 2.25. The summed E-state index contributed by atoms with van der Waals surface area (Å²) >= 11 is 0. The molecular weight excluding hydrogens is 192 g/mol. The lowest BCUT2D eigenvalue weighted by molar-refractivity contribution is 0.118. The van der Waals surface area contributed by atoms with Crippen molar-refractivity contribution in [1.29, 1.82) is 0 Å². The minimum atomic E-state index is 0.545. The van der Waals surface area contributed by atoms with Gasteiger partial charge in [-0.2, -0.15) is 0 Å². The summed E-state index contributed by atoms with van der Waals surface area (Å²) in [5.41, 5.74) is 0.545. The summed E-state index contributed by atoms with van der Waals surface area (Å²) < 4.78 is 0. The predicted molar refractivity (Wildman–Crippen MR) is 71.5 cm³/mol. The Morgan fingerprint density at radius 2 is 1.56 bits per heavy atom. The van der Waals surface area contributed by atoms with Crippen LogP contribution in [0.2, 0.25) is 0 Å².